The largest absolute Gasteiger partial charge is 0.481 e. The minimum Gasteiger partial charge on any atom is -0.481 e. The van der Waals surface area contributed by atoms with Crippen LogP contribution in [0.2, 0.25) is 0 Å². The number of allylic oxidation sites excluding steroid dienone is 1. The van der Waals surface area contributed by atoms with Gasteiger partial charge in [0.15, 0.2) is 0 Å². The molecule has 2 aromatic carbocycles. The first kappa shape index (κ1) is 24.6. The summed E-state index contributed by atoms with van der Waals surface area (Å²) < 4.78 is 12.8. The van der Waals surface area contributed by atoms with Crippen LogP contribution in [0.1, 0.15) is 50.5 Å². The molecule has 0 unspecified atom stereocenters. The number of likely N-dealkylation sites (tertiary alicyclic amines) is 1. The van der Waals surface area contributed by atoms with Gasteiger partial charge in [0.25, 0.3) is 0 Å². The SMILES string of the molecule is O=C(O)CC/C=C\CO[C@H]1[C@@H](OCc2ccc(-c3ccccc3)cc2)CC[C@@H]1N1CCCCC1. The summed E-state index contributed by atoms with van der Waals surface area (Å²) in [5.41, 5.74) is 3.61. The number of nitrogens with zero attached hydrogens (tertiary/aromatic N) is 1. The Morgan fingerprint density at radius 1 is 0.912 bits per heavy atom. The zero-order chi connectivity index (χ0) is 23.6. The van der Waals surface area contributed by atoms with E-state index >= 15 is 0 Å². The van der Waals surface area contributed by atoms with Gasteiger partial charge in [-0.05, 0) is 61.9 Å². The minimum atomic E-state index is -0.767. The second kappa shape index (κ2) is 12.8. The average Bonchev–Trinajstić information content (AvgIpc) is 3.28. The molecule has 4 rings (SSSR count). The van der Waals surface area contributed by atoms with Crippen molar-refractivity contribution in [3.63, 3.8) is 0 Å². The quantitative estimate of drug-likeness (QED) is 0.434. The Labute approximate surface area is 203 Å². The highest BCUT2D eigenvalue weighted by molar-refractivity contribution is 5.66. The molecule has 1 heterocycles. The Bertz CT molecular complexity index is 905. The molecular formula is C29H37NO4. The van der Waals surface area contributed by atoms with Crippen LogP contribution < -0.4 is 0 Å². The van der Waals surface area contributed by atoms with E-state index in [1.807, 2.05) is 18.2 Å². The van der Waals surface area contributed by atoms with Gasteiger partial charge in [-0.1, -0.05) is 73.2 Å². The molecule has 1 N–H and O–H groups in total. The fourth-order valence-corrected chi connectivity index (χ4v) is 5.13. The summed E-state index contributed by atoms with van der Waals surface area (Å²) in [4.78, 5) is 13.3. The monoisotopic (exact) mass is 463 g/mol. The first-order chi connectivity index (χ1) is 16.7. The van der Waals surface area contributed by atoms with Crippen molar-refractivity contribution in [3.8, 4) is 11.1 Å². The van der Waals surface area contributed by atoms with Gasteiger partial charge in [0, 0.05) is 12.5 Å². The summed E-state index contributed by atoms with van der Waals surface area (Å²) >= 11 is 0. The van der Waals surface area contributed by atoms with Crippen LogP contribution >= 0.6 is 0 Å². The van der Waals surface area contributed by atoms with E-state index in [-0.39, 0.29) is 18.6 Å². The van der Waals surface area contributed by atoms with Gasteiger partial charge in [0.2, 0.25) is 0 Å². The van der Waals surface area contributed by atoms with Gasteiger partial charge < -0.3 is 14.6 Å². The third-order valence-electron chi connectivity index (χ3n) is 6.95. The first-order valence-electron chi connectivity index (χ1n) is 12.7. The molecule has 1 aliphatic heterocycles. The number of carboxylic acids is 1. The van der Waals surface area contributed by atoms with Crippen LogP contribution in [-0.4, -0.2) is 53.9 Å². The van der Waals surface area contributed by atoms with E-state index in [2.05, 4.69) is 53.4 Å². The Morgan fingerprint density at radius 3 is 2.38 bits per heavy atom. The van der Waals surface area contributed by atoms with Gasteiger partial charge in [-0.3, -0.25) is 9.69 Å². The van der Waals surface area contributed by atoms with Gasteiger partial charge in [0.1, 0.15) is 0 Å². The van der Waals surface area contributed by atoms with E-state index in [1.54, 1.807) is 0 Å². The molecule has 0 bridgehead atoms. The number of ether oxygens (including phenoxy) is 2. The molecule has 1 saturated carbocycles. The van der Waals surface area contributed by atoms with Crippen molar-refractivity contribution in [2.24, 2.45) is 0 Å². The summed E-state index contributed by atoms with van der Waals surface area (Å²) in [6.07, 6.45) is 10.6. The van der Waals surface area contributed by atoms with E-state index in [4.69, 9.17) is 14.6 Å². The van der Waals surface area contributed by atoms with Crippen molar-refractivity contribution in [1.82, 2.24) is 4.90 Å². The number of hydrogen-bond acceptors (Lipinski definition) is 4. The number of hydrogen-bond donors (Lipinski definition) is 1. The highest BCUT2D eigenvalue weighted by Gasteiger charge is 2.41. The maximum atomic E-state index is 10.7. The van der Waals surface area contributed by atoms with E-state index in [0.29, 0.717) is 25.7 Å². The number of carboxylic acid groups (broad SMARTS) is 1. The van der Waals surface area contributed by atoms with E-state index in [9.17, 15) is 4.79 Å². The molecule has 2 aliphatic rings. The highest BCUT2D eigenvalue weighted by atomic mass is 16.5. The van der Waals surface area contributed by atoms with E-state index in [1.165, 1.54) is 36.0 Å². The normalized spacial score (nSPS) is 23.5. The van der Waals surface area contributed by atoms with Gasteiger partial charge >= 0.3 is 5.97 Å². The second-order valence-electron chi connectivity index (χ2n) is 9.36. The third kappa shape index (κ3) is 7.02. The number of benzene rings is 2. The summed E-state index contributed by atoms with van der Waals surface area (Å²) in [5, 5.41) is 8.80. The third-order valence-corrected chi connectivity index (χ3v) is 6.95. The van der Waals surface area contributed by atoms with Crippen molar-refractivity contribution in [2.45, 2.75) is 69.8 Å². The van der Waals surface area contributed by atoms with E-state index in [0.717, 1.165) is 25.9 Å². The van der Waals surface area contributed by atoms with Crippen molar-refractivity contribution >= 4 is 5.97 Å². The molecule has 5 nitrogen and oxygen atoms in total. The predicted octanol–water partition coefficient (Wildman–Crippen LogP) is 5.69. The Balaban J connectivity index is 1.34. The zero-order valence-corrected chi connectivity index (χ0v) is 20.0. The summed E-state index contributed by atoms with van der Waals surface area (Å²) in [5.74, 6) is -0.767. The lowest BCUT2D eigenvalue weighted by molar-refractivity contribution is -0.136. The summed E-state index contributed by atoms with van der Waals surface area (Å²) in [6.45, 7) is 3.38. The average molecular weight is 464 g/mol. The minimum absolute atomic E-state index is 0.0471. The van der Waals surface area contributed by atoms with Crippen LogP contribution in [0.5, 0.6) is 0 Å². The van der Waals surface area contributed by atoms with Crippen molar-refractivity contribution in [1.29, 1.82) is 0 Å². The standard InChI is InChI=1S/C29H37NO4/c31-28(32)12-6-2-9-21-33-29-26(30-19-7-3-8-20-30)17-18-27(29)34-22-23-13-15-25(16-14-23)24-10-4-1-5-11-24/h1-2,4-5,9-11,13-16,26-27,29H,3,6-8,12,17-22H2,(H,31,32)/b9-2-/t26-,27-,29+/m0/s1. The van der Waals surface area contributed by atoms with Gasteiger partial charge in [-0.2, -0.15) is 0 Å². The van der Waals surface area contributed by atoms with Crippen LogP contribution in [0.15, 0.2) is 66.7 Å². The molecule has 182 valence electrons. The van der Waals surface area contributed by atoms with Crippen LogP contribution in [0, 0.1) is 0 Å². The molecule has 0 amide bonds. The molecule has 1 saturated heterocycles. The van der Waals surface area contributed by atoms with Crippen molar-refractivity contribution < 1.29 is 19.4 Å². The number of piperidine rings is 1. The van der Waals surface area contributed by atoms with Crippen LogP contribution in [0.4, 0.5) is 0 Å². The molecule has 0 spiro atoms. The fraction of sp³-hybridized carbons (Fsp3) is 0.483. The van der Waals surface area contributed by atoms with Crippen LogP contribution in [-0.2, 0) is 20.9 Å². The topological polar surface area (TPSA) is 59.0 Å². The maximum absolute atomic E-state index is 10.7. The number of rotatable bonds is 11. The molecule has 0 aromatic heterocycles. The summed E-state index contributed by atoms with van der Waals surface area (Å²) in [6, 6.07) is 19.4. The maximum Gasteiger partial charge on any atom is 0.303 e. The number of carbonyl (C=O) groups is 1. The highest BCUT2D eigenvalue weighted by Crippen LogP contribution is 2.32. The molecular weight excluding hydrogens is 426 g/mol. The second-order valence-corrected chi connectivity index (χ2v) is 9.36. The van der Waals surface area contributed by atoms with Crippen LogP contribution in [0.25, 0.3) is 11.1 Å². The molecule has 2 aromatic rings. The molecule has 1 aliphatic carbocycles. The Hall–Kier alpha value is -2.47. The predicted molar refractivity (Wildman–Crippen MR) is 135 cm³/mol. The zero-order valence-electron chi connectivity index (χ0n) is 20.0. The molecule has 34 heavy (non-hydrogen) atoms. The van der Waals surface area contributed by atoms with E-state index < -0.39 is 5.97 Å². The molecule has 2 fully saturated rings. The van der Waals surface area contributed by atoms with Crippen molar-refractivity contribution in [3.05, 3.63) is 72.3 Å². The molecule has 5 heteroatoms. The lowest BCUT2D eigenvalue weighted by Gasteiger charge is -2.36. The van der Waals surface area contributed by atoms with Crippen molar-refractivity contribution in [2.75, 3.05) is 19.7 Å². The lowest BCUT2D eigenvalue weighted by atomic mass is 10.0. The molecule has 0 radical (unpaired) electrons. The Morgan fingerprint density at radius 2 is 1.65 bits per heavy atom. The fourth-order valence-electron chi connectivity index (χ4n) is 5.13. The smallest absolute Gasteiger partial charge is 0.303 e. The Kier molecular flexibility index (Phi) is 9.31. The lowest BCUT2D eigenvalue weighted by Crippen LogP contribution is -2.47. The number of aliphatic carboxylic acids is 1. The van der Waals surface area contributed by atoms with Gasteiger partial charge in [0.05, 0.1) is 25.4 Å². The van der Waals surface area contributed by atoms with Crippen LogP contribution in [0.3, 0.4) is 0 Å². The molecule has 3 atom stereocenters. The first-order valence-corrected chi connectivity index (χ1v) is 12.7. The van der Waals surface area contributed by atoms with Gasteiger partial charge in [-0.25, -0.2) is 0 Å². The summed E-state index contributed by atoms with van der Waals surface area (Å²) in [7, 11) is 0. The van der Waals surface area contributed by atoms with Gasteiger partial charge in [-0.15, -0.1) is 0 Å².